The zero-order chi connectivity index (χ0) is 23.8. The molecule has 170 valence electrons. The molecule has 2 aromatic carbocycles. The van der Waals surface area contributed by atoms with Crippen molar-refractivity contribution in [1.29, 1.82) is 0 Å². The normalized spacial score (nSPS) is 11.6. The van der Waals surface area contributed by atoms with Gasteiger partial charge in [-0.25, -0.2) is 4.79 Å². The summed E-state index contributed by atoms with van der Waals surface area (Å²) in [4.78, 5) is 27.9. The molecule has 0 fully saturated rings. The average molecular weight is 449 g/mol. The number of hydrogen-bond acceptors (Lipinski definition) is 7. The number of nitrogens with one attached hydrogen (secondary N) is 2. The Morgan fingerprint density at radius 3 is 2.33 bits per heavy atom. The summed E-state index contributed by atoms with van der Waals surface area (Å²) in [6.07, 6.45) is 3.32. The van der Waals surface area contributed by atoms with E-state index >= 15 is 0 Å². The van der Waals surface area contributed by atoms with Crippen LogP contribution in [0.5, 0.6) is 5.75 Å². The van der Waals surface area contributed by atoms with Gasteiger partial charge < -0.3 is 30.9 Å². The number of carboxylic acid groups (broad SMARTS) is 1. The molecule has 1 aromatic heterocycles. The first kappa shape index (κ1) is 23.9. The molecular formula is C23H24BN3O6. The molecule has 0 aliphatic carbocycles. The Kier molecular flexibility index (Phi) is 8.14. The fraction of sp³-hybridized carbons (Fsp3) is 0.174. The number of pyridine rings is 1. The maximum Gasteiger partial charge on any atom is 0.475 e. The molecule has 0 unspecified atom stereocenters. The Hall–Kier alpha value is -3.73. The largest absolute Gasteiger partial charge is 0.507 e. The van der Waals surface area contributed by atoms with Crippen molar-refractivity contribution in [3.8, 4) is 5.75 Å². The van der Waals surface area contributed by atoms with Crippen LogP contribution >= 0.6 is 0 Å². The van der Waals surface area contributed by atoms with E-state index in [0.29, 0.717) is 18.7 Å². The Labute approximate surface area is 190 Å². The second-order valence-corrected chi connectivity index (χ2v) is 7.48. The number of nitrogens with zero attached hydrogens (tertiary/aromatic N) is 1. The standard InChI is InChI=1S/C23H24BN3O6/c28-21-18(4-1-5-19(21)23(30)31)11-20(24(32)33)27-22(29)17-8-6-15(7-9-17)12-26-14-16-3-2-10-25-13-16/h1-10,13,20,26,28,32-33H,11-12,14H2,(H,27,29)(H,30,31)/t20-/m0/s1. The number of carbonyl (C=O) groups excluding carboxylic acids is 1. The molecule has 6 N–H and O–H groups in total. The molecule has 10 heteroatoms. The molecule has 0 spiro atoms. The Morgan fingerprint density at radius 1 is 0.970 bits per heavy atom. The van der Waals surface area contributed by atoms with Gasteiger partial charge in [0.2, 0.25) is 0 Å². The van der Waals surface area contributed by atoms with Crippen LogP contribution in [0.2, 0.25) is 0 Å². The predicted octanol–water partition coefficient (Wildman–Crippen LogP) is 1.13. The average Bonchev–Trinajstić information content (AvgIpc) is 2.80. The van der Waals surface area contributed by atoms with Gasteiger partial charge >= 0.3 is 13.1 Å². The van der Waals surface area contributed by atoms with Gasteiger partial charge in [-0.3, -0.25) is 9.78 Å². The van der Waals surface area contributed by atoms with Gasteiger partial charge in [-0.15, -0.1) is 0 Å². The first-order valence-corrected chi connectivity index (χ1v) is 10.2. The van der Waals surface area contributed by atoms with Crippen molar-refractivity contribution in [2.24, 2.45) is 0 Å². The maximum absolute atomic E-state index is 12.6. The third kappa shape index (κ3) is 6.63. The van der Waals surface area contributed by atoms with Crippen LogP contribution < -0.4 is 10.6 Å². The third-order valence-electron chi connectivity index (χ3n) is 5.06. The molecule has 0 bridgehead atoms. The number of phenols is 1. The summed E-state index contributed by atoms with van der Waals surface area (Å²) >= 11 is 0. The van der Waals surface area contributed by atoms with Crippen molar-refractivity contribution in [2.75, 3.05) is 0 Å². The summed E-state index contributed by atoms with van der Waals surface area (Å²) in [5.41, 5.74) is 2.20. The van der Waals surface area contributed by atoms with Gasteiger partial charge in [0.15, 0.2) is 0 Å². The molecule has 0 aliphatic heterocycles. The monoisotopic (exact) mass is 449 g/mol. The lowest BCUT2D eigenvalue weighted by atomic mass is 9.75. The molecular weight excluding hydrogens is 425 g/mol. The quantitative estimate of drug-likeness (QED) is 0.252. The van der Waals surface area contributed by atoms with Crippen molar-refractivity contribution >= 4 is 19.0 Å². The van der Waals surface area contributed by atoms with Crippen LogP contribution in [0, 0.1) is 0 Å². The van der Waals surface area contributed by atoms with E-state index in [0.717, 1.165) is 11.1 Å². The summed E-state index contributed by atoms with van der Waals surface area (Å²) in [6.45, 7) is 1.25. The van der Waals surface area contributed by atoms with E-state index in [2.05, 4.69) is 15.6 Å². The molecule has 0 radical (unpaired) electrons. The highest BCUT2D eigenvalue weighted by molar-refractivity contribution is 6.43. The lowest BCUT2D eigenvalue weighted by molar-refractivity contribution is 0.0693. The predicted molar refractivity (Wildman–Crippen MR) is 121 cm³/mol. The number of aromatic hydroxyl groups is 1. The summed E-state index contributed by atoms with van der Waals surface area (Å²) in [5.74, 6) is -3.48. The van der Waals surface area contributed by atoms with E-state index in [1.165, 1.54) is 18.2 Å². The first-order valence-electron chi connectivity index (χ1n) is 10.2. The zero-order valence-corrected chi connectivity index (χ0v) is 17.7. The van der Waals surface area contributed by atoms with E-state index in [-0.39, 0.29) is 17.5 Å². The van der Waals surface area contributed by atoms with E-state index < -0.39 is 30.7 Å². The van der Waals surface area contributed by atoms with Gasteiger partial charge in [-0.1, -0.05) is 30.3 Å². The Bertz CT molecular complexity index is 1090. The minimum atomic E-state index is -1.92. The number of amides is 1. The van der Waals surface area contributed by atoms with Crippen molar-refractivity contribution in [3.63, 3.8) is 0 Å². The summed E-state index contributed by atoms with van der Waals surface area (Å²) < 4.78 is 0. The molecule has 3 aromatic rings. The van der Waals surface area contributed by atoms with Crippen molar-refractivity contribution in [3.05, 3.63) is 94.8 Å². The van der Waals surface area contributed by atoms with E-state index in [4.69, 9.17) is 5.11 Å². The molecule has 0 aliphatic rings. The van der Waals surface area contributed by atoms with Crippen LogP contribution in [0.1, 0.15) is 37.4 Å². The molecule has 9 nitrogen and oxygen atoms in total. The minimum Gasteiger partial charge on any atom is -0.507 e. The zero-order valence-electron chi connectivity index (χ0n) is 17.7. The summed E-state index contributed by atoms with van der Waals surface area (Å²) in [7, 11) is -1.92. The van der Waals surface area contributed by atoms with Gasteiger partial charge in [0, 0.05) is 31.0 Å². The van der Waals surface area contributed by atoms with Crippen LogP contribution in [-0.2, 0) is 19.5 Å². The molecule has 1 atom stereocenters. The fourth-order valence-electron chi connectivity index (χ4n) is 3.28. The number of aromatic nitrogens is 1. The number of carbonyl (C=O) groups is 2. The molecule has 0 saturated heterocycles. The maximum atomic E-state index is 12.6. The highest BCUT2D eigenvalue weighted by Crippen LogP contribution is 2.24. The Balaban J connectivity index is 1.60. The molecule has 1 amide bonds. The van der Waals surface area contributed by atoms with Gasteiger partial charge in [-0.2, -0.15) is 0 Å². The first-order chi connectivity index (χ1) is 15.8. The van der Waals surface area contributed by atoms with Gasteiger partial charge in [0.25, 0.3) is 5.91 Å². The number of para-hydroxylation sites is 1. The molecule has 33 heavy (non-hydrogen) atoms. The SMILES string of the molecule is O=C(N[C@@H](Cc1cccc(C(=O)O)c1O)B(O)O)c1ccc(CNCc2cccnc2)cc1. The fourth-order valence-corrected chi connectivity index (χ4v) is 3.28. The van der Waals surface area contributed by atoms with E-state index in [1.54, 1.807) is 36.7 Å². The van der Waals surface area contributed by atoms with Crippen LogP contribution in [0.15, 0.2) is 67.0 Å². The highest BCUT2D eigenvalue weighted by Gasteiger charge is 2.28. The van der Waals surface area contributed by atoms with Crippen molar-refractivity contribution in [2.45, 2.75) is 25.5 Å². The summed E-state index contributed by atoms with van der Waals surface area (Å²) in [5, 5.41) is 44.5. The second-order valence-electron chi connectivity index (χ2n) is 7.48. The van der Waals surface area contributed by atoms with Crippen LogP contribution in [-0.4, -0.2) is 50.2 Å². The summed E-state index contributed by atoms with van der Waals surface area (Å²) in [6, 6.07) is 14.8. The van der Waals surface area contributed by atoms with Crippen LogP contribution in [0.4, 0.5) is 0 Å². The lowest BCUT2D eigenvalue weighted by Gasteiger charge is -2.19. The lowest BCUT2D eigenvalue weighted by Crippen LogP contribution is -2.47. The van der Waals surface area contributed by atoms with E-state index in [1.807, 2.05) is 12.1 Å². The van der Waals surface area contributed by atoms with Gasteiger partial charge in [0.1, 0.15) is 11.3 Å². The van der Waals surface area contributed by atoms with Gasteiger partial charge in [-0.05, 0) is 47.4 Å². The number of carboxylic acids is 1. The highest BCUT2D eigenvalue weighted by atomic mass is 16.4. The molecule has 1 heterocycles. The number of benzene rings is 2. The van der Waals surface area contributed by atoms with Gasteiger partial charge in [0.05, 0.1) is 5.94 Å². The molecule has 0 saturated carbocycles. The van der Waals surface area contributed by atoms with E-state index in [9.17, 15) is 24.7 Å². The molecule has 3 rings (SSSR count). The number of rotatable bonds is 10. The smallest absolute Gasteiger partial charge is 0.475 e. The van der Waals surface area contributed by atoms with Crippen LogP contribution in [0.3, 0.4) is 0 Å². The number of aromatic carboxylic acids is 1. The van der Waals surface area contributed by atoms with Crippen LogP contribution in [0.25, 0.3) is 0 Å². The second kappa shape index (κ2) is 11.2. The van der Waals surface area contributed by atoms with Crippen molar-refractivity contribution < 1.29 is 29.9 Å². The number of hydrogen-bond donors (Lipinski definition) is 6. The topological polar surface area (TPSA) is 152 Å². The minimum absolute atomic E-state index is 0.170. The third-order valence-corrected chi connectivity index (χ3v) is 5.06. The Morgan fingerprint density at radius 2 is 1.70 bits per heavy atom. The van der Waals surface area contributed by atoms with Crippen molar-refractivity contribution in [1.82, 2.24) is 15.6 Å².